The minimum Gasteiger partial charge on any atom is -0.550 e. The van der Waals surface area contributed by atoms with Gasteiger partial charge in [-0.1, -0.05) is 0 Å². The van der Waals surface area contributed by atoms with Crippen LogP contribution in [0.15, 0.2) is 22.8 Å². The summed E-state index contributed by atoms with van der Waals surface area (Å²) in [5, 5.41) is 12.7. The average molecular weight is 286 g/mol. The maximum atomic E-state index is 11.3. The molecule has 86 valence electrons. The van der Waals surface area contributed by atoms with E-state index in [0.717, 1.165) is 4.47 Å². The highest BCUT2D eigenvalue weighted by Crippen LogP contribution is 2.10. The zero-order valence-corrected chi connectivity index (χ0v) is 9.99. The summed E-state index contributed by atoms with van der Waals surface area (Å²) in [4.78, 5) is 25.4. The number of hydrogen-bond acceptors (Lipinski definition) is 4. The van der Waals surface area contributed by atoms with Gasteiger partial charge in [-0.25, -0.2) is 4.98 Å². The van der Waals surface area contributed by atoms with Crippen LogP contribution in [0.4, 0.5) is 5.82 Å². The summed E-state index contributed by atoms with van der Waals surface area (Å²) in [6, 6.07) is 3.41. The van der Waals surface area contributed by atoms with Crippen molar-refractivity contribution in [2.45, 2.75) is 19.3 Å². The van der Waals surface area contributed by atoms with Gasteiger partial charge in [0, 0.05) is 23.1 Å². The lowest BCUT2D eigenvalue weighted by Crippen LogP contribution is -2.22. The van der Waals surface area contributed by atoms with Crippen molar-refractivity contribution < 1.29 is 14.7 Å². The van der Waals surface area contributed by atoms with Crippen LogP contribution in [-0.2, 0) is 9.59 Å². The van der Waals surface area contributed by atoms with Crippen LogP contribution < -0.4 is 10.4 Å². The van der Waals surface area contributed by atoms with Gasteiger partial charge in [0.15, 0.2) is 0 Å². The van der Waals surface area contributed by atoms with Crippen molar-refractivity contribution in [2.24, 2.45) is 0 Å². The summed E-state index contributed by atoms with van der Waals surface area (Å²) in [5.74, 6) is -0.952. The van der Waals surface area contributed by atoms with Gasteiger partial charge in [-0.05, 0) is 40.9 Å². The Morgan fingerprint density at radius 2 is 2.12 bits per heavy atom. The Hall–Kier alpha value is -1.43. The topological polar surface area (TPSA) is 82.1 Å². The van der Waals surface area contributed by atoms with Crippen LogP contribution in [0.2, 0.25) is 0 Å². The lowest BCUT2D eigenvalue weighted by molar-refractivity contribution is -0.305. The molecule has 0 saturated carbocycles. The number of aromatic nitrogens is 1. The van der Waals surface area contributed by atoms with E-state index in [0.29, 0.717) is 5.82 Å². The number of carbonyl (C=O) groups excluding carboxylic acids is 2. The largest absolute Gasteiger partial charge is 0.550 e. The van der Waals surface area contributed by atoms with Gasteiger partial charge in [0.1, 0.15) is 5.82 Å². The van der Waals surface area contributed by atoms with Crippen molar-refractivity contribution in [3.05, 3.63) is 22.8 Å². The lowest BCUT2D eigenvalue weighted by atomic mass is 10.2. The first kappa shape index (κ1) is 12.6. The van der Waals surface area contributed by atoms with Gasteiger partial charge < -0.3 is 15.2 Å². The third-order valence-electron chi connectivity index (χ3n) is 1.78. The van der Waals surface area contributed by atoms with Crippen molar-refractivity contribution in [3.63, 3.8) is 0 Å². The number of carbonyl (C=O) groups is 2. The molecule has 1 aromatic heterocycles. The van der Waals surface area contributed by atoms with Crippen molar-refractivity contribution in [3.8, 4) is 0 Å². The van der Waals surface area contributed by atoms with Crippen molar-refractivity contribution in [2.75, 3.05) is 5.32 Å². The van der Waals surface area contributed by atoms with Crippen molar-refractivity contribution >= 4 is 33.6 Å². The molecule has 0 aromatic carbocycles. The lowest BCUT2D eigenvalue weighted by Gasteiger charge is -2.04. The predicted octanol–water partition coefficient (Wildman–Crippen LogP) is 0.703. The molecule has 0 atom stereocenters. The molecule has 0 unspecified atom stereocenters. The van der Waals surface area contributed by atoms with Crippen LogP contribution in [0.25, 0.3) is 0 Å². The van der Waals surface area contributed by atoms with Gasteiger partial charge >= 0.3 is 0 Å². The SMILES string of the molecule is O=C([O-])CCCC(=O)Nc1ccc(Br)cn1. The number of hydrogen-bond donors (Lipinski definition) is 1. The molecule has 1 N–H and O–H groups in total. The Morgan fingerprint density at radius 3 is 2.69 bits per heavy atom. The molecule has 0 saturated heterocycles. The molecule has 0 aliphatic rings. The van der Waals surface area contributed by atoms with E-state index in [4.69, 9.17) is 0 Å². The second kappa shape index (κ2) is 6.22. The predicted molar refractivity (Wildman–Crippen MR) is 59.4 cm³/mol. The molecule has 0 spiro atoms. The van der Waals surface area contributed by atoms with Crippen molar-refractivity contribution in [1.82, 2.24) is 4.98 Å². The molecule has 5 nitrogen and oxygen atoms in total. The number of aliphatic carboxylic acids is 1. The molecule has 0 aliphatic carbocycles. The van der Waals surface area contributed by atoms with Crippen LogP contribution in [0, 0.1) is 0 Å². The van der Waals surface area contributed by atoms with E-state index >= 15 is 0 Å². The first-order chi connectivity index (χ1) is 7.58. The second-order valence-corrected chi connectivity index (χ2v) is 4.05. The highest BCUT2D eigenvalue weighted by molar-refractivity contribution is 9.10. The number of rotatable bonds is 5. The minimum atomic E-state index is -1.14. The number of anilines is 1. The standard InChI is InChI=1S/C10H11BrN2O3/c11-7-4-5-8(12-6-7)13-9(14)2-1-3-10(15)16/h4-6H,1-3H2,(H,15,16)(H,12,13,14)/p-1. The van der Waals surface area contributed by atoms with Crippen molar-refractivity contribution in [1.29, 1.82) is 0 Å². The maximum Gasteiger partial charge on any atom is 0.225 e. The van der Waals surface area contributed by atoms with Gasteiger partial charge in [-0.2, -0.15) is 0 Å². The normalized spacial score (nSPS) is 9.81. The average Bonchev–Trinajstić information content (AvgIpc) is 2.21. The van der Waals surface area contributed by atoms with E-state index in [2.05, 4.69) is 26.2 Å². The quantitative estimate of drug-likeness (QED) is 0.864. The molecule has 1 heterocycles. The van der Waals surface area contributed by atoms with E-state index in [-0.39, 0.29) is 25.2 Å². The number of carboxylic acid groups (broad SMARTS) is 1. The maximum absolute atomic E-state index is 11.3. The van der Waals surface area contributed by atoms with Gasteiger partial charge in [-0.15, -0.1) is 0 Å². The molecular formula is C10H10BrN2O3-. The molecule has 0 aliphatic heterocycles. The van der Waals surface area contributed by atoms with Crippen LogP contribution in [0.3, 0.4) is 0 Å². The molecule has 6 heteroatoms. The smallest absolute Gasteiger partial charge is 0.225 e. The van der Waals surface area contributed by atoms with Crippen LogP contribution in [-0.4, -0.2) is 16.9 Å². The molecule has 0 radical (unpaired) electrons. The number of amides is 1. The third kappa shape index (κ3) is 4.88. The van der Waals surface area contributed by atoms with E-state index in [1.54, 1.807) is 18.3 Å². The van der Waals surface area contributed by atoms with Gasteiger partial charge in [-0.3, -0.25) is 4.79 Å². The molecule has 0 fully saturated rings. The molecular weight excluding hydrogens is 276 g/mol. The number of halogens is 1. The fourth-order valence-electron chi connectivity index (χ4n) is 1.05. The number of carboxylic acids is 1. The van der Waals surface area contributed by atoms with E-state index < -0.39 is 5.97 Å². The van der Waals surface area contributed by atoms with E-state index in [1.165, 1.54) is 0 Å². The summed E-state index contributed by atoms with van der Waals surface area (Å²) in [6.45, 7) is 0. The number of pyridine rings is 1. The Morgan fingerprint density at radius 1 is 1.38 bits per heavy atom. The minimum absolute atomic E-state index is 0.110. The van der Waals surface area contributed by atoms with Crippen LogP contribution >= 0.6 is 15.9 Å². The molecule has 1 aromatic rings. The molecule has 0 bridgehead atoms. The summed E-state index contributed by atoms with van der Waals surface area (Å²) >= 11 is 3.22. The number of nitrogens with one attached hydrogen (secondary N) is 1. The van der Waals surface area contributed by atoms with E-state index in [1.807, 2.05) is 0 Å². The summed E-state index contributed by atoms with van der Waals surface area (Å²) < 4.78 is 0.822. The van der Waals surface area contributed by atoms with Crippen LogP contribution in [0.5, 0.6) is 0 Å². The Bertz CT molecular complexity index is 378. The molecule has 1 rings (SSSR count). The molecule has 16 heavy (non-hydrogen) atoms. The van der Waals surface area contributed by atoms with E-state index in [9.17, 15) is 14.7 Å². The fraction of sp³-hybridized carbons (Fsp3) is 0.300. The van der Waals surface area contributed by atoms with Gasteiger partial charge in [0.25, 0.3) is 0 Å². The third-order valence-corrected chi connectivity index (χ3v) is 2.25. The zero-order chi connectivity index (χ0) is 12.0. The molecule has 1 amide bonds. The fourth-order valence-corrected chi connectivity index (χ4v) is 1.28. The first-order valence-electron chi connectivity index (χ1n) is 4.69. The summed E-state index contributed by atoms with van der Waals surface area (Å²) in [5.41, 5.74) is 0. The zero-order valence-electron chi connectivity index (χ0n) is 8.40. The Balaban J connectivity index is 2.34. The second-order valence-electron chi connectivity index (χ2n) is 3.14. The Kier molecular flexibility index (Phi) is 4.91. The van der Waals surface area contributed by atoms with Gasteiger partial charge in [0.2, 0.25) is 5.91 Å². The monoisotopic (exact) mass is 285 g/mol. The Labute approximate surface area is 101 Å². The highest BCUT2D eigenvalue weighted by atomic mass is 79.9. The highest BCUT2D eigenvalue weighted by Gasteiger charge is 2.02. The number of nitrogens with zero attached hydrogens (tertiary/aromatic N) is 1. The first-order valence-corrected chi connectivity index (χ1v) is 5.48. The van der Waals surface area contributed by atoms with Crippen LogP contribution in [0.1, 0.15) is 19.3 Å². The van der Waals surface area contributed by atoms with Gasteiger partial charge in [0.05, 0.1) is 0 Å². The summed E-state index contributed by atoms with van der Waals surface area (Å²) in [6.07, 6.45) is 1.87. The summed E-state index contributed by atoms with van der Waals surface area (Å²) in [7, 11) is 0.